The van der Waals surface area contributed by atoms with Crippen molar-refractivity contribution in [3.05, 3.63) is 24.5 Å². The van der Waals surface area contributed by atoms with Crippen molar-refractivity contribution in [2.45, 2.75) is 52.6 Å². The molecule has 0 fully saturated rings. The van der Waals surface area contributed by atoms with E-state index >= 15 is 0 Å². The predicted molar refractivity (Wildman–Crippen MR) is 58.6 cm³/mol. The molecular formula is C12H22O. The molecule has 0 rings (SSSR count). The number of ether oxygens (including phenoxy) is 1. The molecule has 1 nitrogen and oxygen atoms in total. The van der Waals surface area contributed by atoms with E-state index in [9.17, 15) is 0 Å². The molecule has 0 aromatic rings. The molecule has 13 heavy (non-hydrogen) atoms. The number of allylic oxidation sites excluding steroid dienone is 2. The Balaban J connectivity index is 3.72. The fourth-order valence-electron chi connectivity index (χ4n) is 1.08. The summed E-state index contributed by atoms with van der Waals surface area (Å²) in [6.07, 6.45) is 12.9. The topological polar surface area (TPSA) is 9.23 Å². The summed E-state index contributed by atoms with van der Waals surface area (Å²) in [5.74, 6) is 0. The molecule has 0 amide bonds. The van der Waals surface area contributed by atoms with Gasteiger partial charge in [-0.2, -0.15) is 0 Å². The normalized spacial score (nSPS) is 14.1. The second-order valence-electron chi connectivity index (χ2n) is 3.12. The van der Waals surface area contributed by atoms with Crippen molar-refractivity contribution in [3.63, 3.8) is 0 Å². The Kier molecular flexibility index (Phi) is 8.85. The number of hydrogen-bond donors (Lipinski definition) is 0. The lowest BCUT2D eigenvalue weighted by atomic mass is 10.1. The summed E-state index contributed by atoms with van der Waals surface area (Å²) in [5.41, 5.74) is 0. The molecule has 0 saturated heterocycles. The van der Waals surface area contributed by atoms with Crippen LogP contribution < -0.4 is 0 Å². The zero-order chi connectivity index (χ0) is 9.94. The van der Waals surface area contributed by atoms with Gasteiger partial charge in [0.25, 0.3) is 0 Å². The molecule has 76 valence electrons. The van der Waals surface area contributed by atoms with Crippen molar-refractivity contribution in [1.29, 1.82) is 0 Å². The maximum atomic E-state index is 5.56. The van der Waals surface area contributed by atoms with Crippen LogP contribution in [0.25, 0.3) is 0 Å². The molecule has 0 N–H and O–H groups in total. The van der Waals surface area contributed by atoms with Gasteiger partial charge in [0.1, 0.15) is 6.10 Å². The van der Waals surface area contributed by atoms with Crippen LogP contribution in [0, 0.1) is 0 Å². The summed E-state index contributed by atoms with van der Waals surface area (Å²) in [4.78, 5) is 0. The first kappa shape index (κ1) is 12.3. The second-order valence-corrected chi connectivity index (χ2v) is 3.12. The minimum atomic E-state index is 0.271. The zero-order valence-corrected chi connectivity index (χ0v) is 9.12. The van der Waals surface area contributed by atoms with E-state index in [1.165, 1.54) is 12.8 Å². The van der Waals surface area contributed by atoms with E-state index in [1.807, 2.05) is 19.3 Å². The highest BCUT2D eigenvalue weighted by molar-refractivity contribution is 4.88. The van der Waals surface area contributed by atoms with Crippen LogP contribution >= 0.6 is 0 Å². The van der Waals surface area contributed by atoms with E-state index in [1.54, 1.807) is 0 Å². The van der Waals surface area contributed by atoms with Gasteiger partial charge in [0.05, 0.1) is 6.26 Å². The molecule has 1 heteroatoms. The third-order valence-electron chi connectivity index (χ3n) is 1.83. The first-order chi connectivity index (χ1) is 6.35. The molecule has 0 heterocycles. The SMILES string of the molecule is C/C=C/C(CCCC)O/C=C/CC. The maximum absolute atomic E-state index is 5.56. The van der Waals surface area contributed by atoms with Gasteiger partial charge in [0, 0.05) is 0 Å². The summed E-state index contributed by atoms with van der Waals surface area (Å²) in [5, 5.41) is 0. The molecule has 0 aromatic heterocycles. The van der Waals surface area contributed by atoms with Crippen LogP contribution in [0.2, 0.25) is 0 Å². The molecule has 0 aromatic carbocycles. The second kappa shape index (κ2) is 9.37. The van der Waals surface area contributed by atoms with Gasteiger partial charge in [-0.1, -0.05) is 32.4 Å². The minimum Gasteiger partial charge on any atom is -0.494 e. The van der Waals surface area contributed by atoms with Crippen LogP contribution in [0.1, 0.15) is 46.5 Å². The predicted octanol–water partition coefficient (Wildman–Crippen LogP) is 4.06. The van der Waals surface area contributed by atoms with E-state index in [4.69, 9.17) is 4.74 Å². The monoisotopic (exact) mass is 182 g/mol. The molecule has 0 radical (unpaired) electrons. The Morgan fingerprint density at radius 1 is 1.31 bits per heavy atom. The van der Waals surface area contributed by atoms with Crippen molar-refractivity contribution >= 4 is 0 Å². The molecule has 0 bridgehead atoms. The summed E-state index contributed by atoms with van der Waals surface area (Å²) >= 11 is 0. The average molecular weight is 182 g/mol. The molecule has 1 unspecified atom stereocenters. The maximum Gasteiger partial charge on any atom is 0.116 e. The van der Waals surface area contributed by atoms with E-state index in [-0.39, 0.29) is 6.10 Å². The average Bonchev–Trinajstić information content (AvgIpc) is 2.14. The van der Waals surface area contributed by atoms with Crippen LogP contribution in [0.15, 0.2) is 24.5 Å². The van der Waals surface area contributed by atoms with Crippen molar-refractivity contribution < 1.29 is 4.74 Å². The summed E-state index contributed by atoms with van der Waals surface area (Å²) in [6.45, 7) is 6.34. The molecule has 0 spiro atoms. The number of hydrogen-bond acceptors (Lipinski definition) is 1. The fourth-order valence-corrected chi connectivity index (χ4v) is 1.08. The van der Waals surface area contributed by atoms with Crippen LogP contribution in [-0.2, 0) is 4.74 Å². The molecule has 0 aliphatic rings. The first-order valence-corrected chi connectivity index (χ1v) is 5.28. The van der Waals surface area contributed by atoms with Crippen LogP contribution in [0.4, 0.5) is 0 Å². The van der Waals surface area contributed by atoms with Crippen molar-refractivity contribution in [1.82, 2.24) is 0 Å². The fraction of sp³-hybridized carbons (Fsp3) is 0.667. The van der Waals surface area contributed by atoms with Gasteiger partial charge < -0.3 is 4.74 Å². The Bertz CT molecular complexity index is 147. The molecular weight excluding hydrogens is 160 g/mol. The highest BCUT2D eigenvalue weighted by Crippen LogP contribution is 2.07. The van der Waals surface area contributed by atoms with Gasteiger partial charge in [0.2, 0.25) is 0 Å². The lowest BCUT2D eigenvalue weighted by Gasteiger charge is -2.11. The van der Waals surface area contributed by atoms with Crippen LogP contribution in [0.3, 0.4) is 0 Å². The Morgan fingerprint density at radius 2 is 2.08 bits per heavy atom. The van der Waals surface area contributed by atoms with Gasteiger partial charge in [-0.25, -0.2) is 0 Å². The van der Waals surface area contributed by atoms with Crippen molar-refractivity contribution in [2.75, 3.05) is 0 Å². The van der Waals surface area contributed by atoms with Crippen molar-refractivity contribution in [2.24, 2.45) is 0 Å². The largest absolute Gasteiger partial charge is 0.494 e. The van der Waals surface area contributed by atoms with Crippen LogP contribution in [0.5, 0.6) is 0 Å². The Morgan fingerprint density at radius 3 is 2.62 bits per heavy atom. The summed E-state index contributed by atoms with van der Waals surface area (Å²) in [6, 6.07) is 0. The van der Waals surface area contributed by atoms with E-state index in [0.29, 0.717) is 0 Å². The third kappa shape index (κ3) is 7.63. The van der Waals surface area contributed by atoms with Crippen LogP contribution in [-0.4, -0.2) is 6.10 Å². The summed E-state index contributed by atoms with van der Waals surface area (Å²) < 4.78 is 5.56. The smallest absolute Gasteiger partial charge is 0.116 e. The van der Waals surface area contributed by atoms with E-state index in [2.05, 4.69) is 26.0 Å². The van der Waals surface area contributed by atoms with E-state index in [0.717, 1.165) is 12.8 Å². The highest BCUT2D eigenvalue weighted by atomic mass is 16.5. The third-order valence-corrected chi connectivity index (χ3v) is 1.83. The molecule has 1 atom stereocenters. The van der Waals surface area contributed by atoms with Gasteiger partial charge in [-0.05, 0) is 32.3 Å². The lowest BCUT2D eigenvalue weighted by molar-refractivity contribution is 0.174. The summed E-state index contributed by atoms with van der Waals surface area (Å²) in [7, 11) is 0. The number of unbranched alkanes of at least 4 members (excludes halogenated alkanes) is 1. The molecule has 0 aliphatic carbocycles. The number of rotatable bonds is 7. The van der Waals surface area contributed by atoms with Crippen molar-refractivity contribution in [3.8, 4) is 0 Å². The highest BCUT2D eigenvalue weighted by Gasteiger charge is 2.00. The Hall–Kier alpha value is -0.720. The quantitative estimate of drug-likeness (QED) is 0.426. The zero-order valence-electron chi connectivity index (χ0n) is 9.12. The Labute approximate surface area is 82.5 Å². The van der Waals surface area contributed by atoms with Gasteiger partial charge in [-0.15, -0.1) is 0 Å². The van der Waals surface area contributed by atoms with Gasteiger partial charge in [0.15, 0.2) is 0 Å². The minimum absolute atomic E-state index is 0.271. The van der Waals surface area contributed by atoms with Gasteiger partial charge in [-0.3, -0.25) is 0 Å². The molecule has 0 saturated carbocycles. The van der Waals surface area contributed by atoms with E-state index < -0.39 is 0 Å². The van der Waals surface area contributed by atoms with Gasteiger partial charge >= 0.3 is 0 Å². The molecule has 0 aliphatic heterocycles. The standard InChI is InChI=1S/C12H22O/c1-4-7-10-12(9-6-3)13-11-8-5-2/h6,8-9,11-12H,4-5,7,10H2,1-3H3/b9-6+,11-8+. The first-order valence-electron chi connectivity index (χ1n) is 5.28. The lowest BCUT2D eigenvalue weighted by Crippen LogP contribution is -2.05.